The molecule has 0 fully saturated rings. The first-order valence-electron chi connectivity index (χ1n) is 17.5. The van der Waals surface area contributed by atoms with Crippen molar-refractivity contribution in [3.05, 3.63) is 132 Å². The summed E-state index contributed by atoms with van der Waals surface area (Å²) in [7, 11) is 0. The normalized spacial score (nSPS) is 11.6. The van der Waals surface area contributed by atoms with Gasteiger partial charge in [0.25, 0.3) is 0 Å². The van der Waals surface area contributed by atoms with Gasteiger partial charge in [0.05, 0.1) is 22.9 Å². The molecule has 7 rings (SSSR count). The van der Waals surface area contributed by atoms with Crippen LogP contribution >= 0.6 is 0 Å². The van der Waals surface area contributed by atoms with E-state index in [1.54, 1.807) is 0 Å². The molecule has 4 aromatic carbocycles. The first-order valence-corrected chi connectivity index (χ1v) is 17.5. The zero-order chi connectivity index (χ0) is 33.0. The van der Waals surface area contributed by atoms with Crippen molar-refractivity contribution in [2.75, 3.05) is 0 Å². The lowest BCUT2D eigenvalue weighted by molar-refractivity contribution is 0.483. The van der Waals surface area contributed by atoms with Crippen molar-refractivity contribution in [3.63, 3.8) is 0 Å². The Hall–Kier alpha value is -5.16. The third-order valence-corrected chi connectivity index (χ3v) is 9.34. The van der Waals surface area contributed by atoms with Crippen LogP contribution in [0, 0.1) is 0 Å². The number of hydrogen-bond donors (Lipinski definition) is 0. The lowest BCUT2D eigenvalue weighted by atomic mass is 9.91. The van der Waals surface area contributed by atoms with E-state index in [1.165, 1.54) is 64.3 Å². The van der Waals surface area contributed by atoms with Gasteiger partial charge in [-0.05, 0) is 96.3 Å². The molecule has 3 heterocycles. The molecule has 242 valence electrons. The fourth-order valence-corrected chi connectivity index (χ4v) is 6.77. The van der Waals surface area contributed by atoms with Gasteiger partial charge < -0.3 is 4.74 Å². The maximum Gasteiger partial charge on any atom is 0.137 e. The highest BCUT2D eigenvalue weighted by Crippen LogP contribution is 2.36. The Balaban J connectivity index is 1.22. The summed E-state index contributed by atoms with van der Waals surface area (Å²) in [6, 6.07) is 34.1. The van der Waals surface area contributed by atoms with Gasteiger partial charge in [-0.1, -0.05) is 83.0 Å². The zero-order valence-corrected chi connectivity index (χ0v) is 28.5. The number of aryl methyl sites for hydroxylation is 2. The Morgan fingerprint density at radius 2 is 1.44 bits per heavy atom. The second-order valence-electron chi connectivity index (χ2n) is 13.1. The van der Waals surface area contributed by atoms with Crippen molar-refractivity contribution in [1.29, 1.82) is 0 Å². The Morgan fingerprint density at radius 3 is 2.21 bits per heavy atom. The Morgan fingerprint density at radius 1 is 0.708 bits per heavy atom. The molecule has 0 aliphatic rings. The van der Waals surface area contributed by atoms with E-state index in [0.717, 1.165) is 46.9 Å². The molecular formula is C43H44N4O. The van der Waals surface area contributed by atoms with Gasteiger partial charge in [0, 0.05) is 40.9 Å². The number of ether oxygens (including phenoxy) is 1. The summed E-state index contributed by atoms with van der Waals surface area (Å²) in [5.41, 5.74) is 9.78. The molecule has 0 spiro atoms. The molecule has 0 atom stereocenters. The average Bonchev–Trinajstić information content (AvgIpc) is 3.73. The monoisotopic (exact) mass is 632 g/mol. The molecule has 0 saturated heterocycles. The van der Waals surface area contributed by atoms with Gasteiger partial charge in [0.1, 0.15) is 17.3 Å². The number of nitrogens with zero attached hydrogens (tertiary/aromatic N) is 4. The van der Waals surface area contributed by atoms with Crippen LogP contribution in [0.3, 0.4) is 0 Å². The lowest BCUT2D eigenvalue weighted by Crippen LogP contribution is -1.99. The van der Waals surface area contributed by atoms with Gasteiger partial charge in [0.15, 0.2) is 0 Å². The number of hydrogen-bond acceptors (Lipinski definition) is 3. The topological polar surface area (TPSA) is 44.9 Å². The smallest absolute Gasteiger partial charge is 0.137 e. The van der Waals surface area contributed by atoms with Gasteiger partial charge in [-0.25, -0.2) is 9.67 Å². The fourth-order valence-electron chi connectivity index (χ4n) is 6.77. The highest BCUT2D eigenvalue weighted by Gasteiger charge is 2.16. The van der Waals surface area contributed by atoms with E-state index in [9.17, 15) is 0 Å². The minimum Gasteiger partial charge on any atom is -0.457 e. The minimum absolute atomic E-state index is 0.413. The summed E-state index contributed by atoms with van der Waals surface area (Å²) < 4.78 is 10.8. The number of para-hydroxylation sites is 1. The number of fused-ring (bicyclic) bond motifs is 3. The highest BCUT2D eigenvalue weighted by atomic mass is 16.5. The molecule has 48 heavy (non-hydrogen) atoms. The first-order chi connectivity index (χ1) is 23.5. The summed E-state index contributed by atoms with van der Waals surface area (Å²) in [5.74, 6) is 2.86. The van der Waals surface area contributed by atoms with Gasteiger partial charge >= 0.3 is 0 Å². The molecule has 0 amide bonds. The number of unbranched alkanes of at least 4 members (excludes halogenated alkanes) is 2. The van der Waals surface area contributed by atoms with E-state index >= 15 is 0 Å². The largest absolute Gasteiger partial charge is 0.457 e. The lowest BCUT2D eigenvalue weighted by Gasteiger charge is -2.14. The average molecular weight is 633 g/mol. The predicted molar refractivity (Wildman–Crippen MR) is 199 cm³/mol. The van der Waals surface area contributed by atoms with Crippen LogP contribution in [-0.4, -0.2) is 19.3 Å². The molecule has 0 bridgehead atoms. The number of rotatable bonds is 12. The molecule has 0 N–H and O–H groups in total. The van der Waals surface area contributed by atoms with Crippen LogP contribution in [0.15, 0.2) is 116 Å². The Bertz CT molecular complexity index is 2160. The molecule has 0 aliphatic carbocycles. The highest BCUT2D eigenvalue weighted by molar-refractivity contribution is 6.09. The molecule has 7 aromatic rings. The van der Waals surface area contributed by atoms with E-state index in [2.05, 4.69) is 123 Å². The summed E-state index contributed by atoms with van der Waals surface area (Å²) in [4.78, 5) is 4.80. The standard InChI is InChI=1S/C43H44N4O/c1-5-7-13-31-15-11-16-32(14-8-6-2)43(31)34-28-45-46(29-34)35-17-12-18-36(26-35)48-37-21-22-39-38-19-9-10-20-40(38)47(41(39)27-37)42-25-33(30(3)4)23-24-44-42/h9-12,15-30H,5-8,13-14H2,1-4H3. The van der Waals surface area contributed by atoms with Crippen LogP contribution in [0.2, 0.25) is 0 Å². The molecule has 0 saturated carbocycles. The molecule has 5 heteroatoms. The van der Waals surface area contributed by atoms with Crippen molar-refractivity contribution in [1.82, 2.24) is 19.3 Å². The molecule has 5 nitrogen and oxygen atoms in total. The van der Waals surface area contributed by atoms with Crippen LogP contribution in [0.25, 0.3) is 44.4 Å². The quantitative estimate of drug-likeness (QED) is 0.135. The van der Waals surface area contributed by atoms with E-state index < -0.39 is 0 Å². The number of aromatic nitrogens is 4. The molecule has 0 unspecified atom stereocenters. The third kappa shape index (κ3) is 6.25. The van der Waals surface area contributed by atoms with Gasteiger partial charge in [-0.15, -0.1) is 0 Å². The van der Waals surface area contributed by atoms with Crippen molar-refractivity contribution in [3.8, 4) is 34.1 Å². The minimum atomic E-state index is 0.413. The van der Waals surface area contributed by atoms with Crippen molar-refractivity contribution in [2.45, 2.75) is 72.1 Å². The third-order valence-electron chi connectivity index (χ3n) is 9.34. The SMILES string of the molecule is CCCCc1cccc(CCCC)c1-c1cnn(-c2cccc(Oc3ccc4c5ccccc5n(-c5cc(C(C)C)ccn5)c4c3)c2)c1. The molecule has 3 aromatic heterocycles. The molecular weight excluding hydrogens is 589 g/mol. The maximum atomic E-state index is 6.54. The number of pyridine rings is 1. The van der Waals surface area contributed by atoms with Crippen molar-refractivity contribution < 1.29 is 4.74 Å². The van der Waals surface area contributed by atoms with Gasteiger partial charge in [-0.2, -0.15) is 5.10 Å². The van der Waals surface area contributed by atoms with E-state index in [0.29, 0.717) is 5.92 Å². The van der Waals surface area contributed by atoms with Crippen molar-refractivity contribution >= 4 is 21.8 Å². The summed E-state index contributed by atoms with van der Waals surface area (Å²) in [6.45, 7) is 8.95. The summed E-state index contributed by atoms with van der Waals surface area (Å²) in [5, 5.41) is 7.20. The zero-order valence-electron chi connectivity index (χ0n) is 28.5. The van der Waals surface area contributed by atoms with E-state index in [1.807, 2.05) is 29.2 Å². The second kappa shape index (κ2) is 13.9. The summed E-state index contributed by atoms with van der Waals surface area (Å²) in [6.07, 6.45) is 13.0. The van der Waals surface area contributed by atoms with Crippen LogP contribution < -0.4 is 4.74 Å². The van der Waals surface area contributed by atoms with Crippen LogP contribution in [0.4, 0.5) is 0 Å². The molecule has 0 aliphatic heterocycles. The van der Waals surface area contributed by atoms with Gasteiger partial charge in [0.2, 0.25) is 0 Å². The Labute approximate surface area is 283 Å². The van der Waals surface area contributed by atoms with Crippen LogP contribution in [-0.2, 0) is 12.8 Å². The fraction of sp³-hybridized carbons (Fsp3) is 0.256. The van der Waals surface area contributed by atoms with Crippen LogP contribution in [0.1, 0.15) is 76.0 Å². The molecule has 0 radical (unpaired) electrons. The number of benzene rings is 4. The Kier molecular flexibility index (Phi) is 9.11. The predicted octanol–water partition coefficient (Wildman–Crippen LogP) is 11.6. The summed E-state index contributed by atoms with van der Waals surface area (Å²) >= 11 is 0. The van der Waals surface area contributed by atoms with Gasteiger partial charge in [-0.3, -0.25) is 4.57 Å². The maximum absolute atomic E-state index is 6.54. The first kappa shape index (κ1) is 31.4. The van der Waals surface area contributed by atoms with Crippen molar-refractivity contribution in [2.24, 2.45) is 0 Å². The van der Waals surface area contributed by atoms with E-state index in [4.69, 9.17) is 14.8 Å². The van der Waals surface area contributed by atoms with Crippen LogP contribution in [0.5, 0.6) is 11.5 Å². The van der Waals surface area contributed by atoms with E-state index in [-0.39, 0.29) is 0 Å². The second-order valence-corrected chi connectivity index (χ2v) is 13.1.